The molecule has 0 radical (unpaired) electrons. The molecule has 0 atom stereocenters. The van der Waals surface area contributed by atoms with Crippen LogP contribution >= 0.6 is 0 Å². The molecule has 1 fully saturated rings. The van der Waals surface area contributed by atoms with Crippen molar-refractivity contribution in [2.75, 3.05) is 6.54 Å². The minimum Gasteiger partial charge on any atom is -0.389 e. The van der Waals surface area contributed by atoms with Gasteiger partial charge in [-0.2, -0.15) is 0 Å². The average molecular weight is 243 g/mol. The molecule has 4 nitrogen and oxygen atoms in total. The molecule has 0 aromatic carbocycles. The smallest absolute Gasteiger partial charge is 0.222 e. The maximum absolute atomic E-state index is 11.7. The fraction of sp³-hybridized carbons (Fsp3) is 0.923. The van der Waals surface area contributed by atoms with Gasteiger partial charge in [0.2, 0.25) is 5.91 Å². The van der Waals surface area contributed by atoms with E-state index in [1.807, 2.05) is 13.8 Å². The molecule has 1 amide bonds. The Morgan fingerprint density at radius 1 is 1.29 bits per heavy atom. The first-order chi connectivity index (χ1) is 7.93. The van der Waals surface area contributed by atoms with E-state index in [9.17, 15) is 15.0 Å². The molecule has 0 aliphatic heterocycles. The second kappa shape index (κ2) is 5.83. The predicted octanol–water partition coefficient (Wildman–Crippen LogP) is 1.35. The van der Waals surface area contributed by atoms with Gasteiger partial charge in [-0.3, -0.25) is 4.79 Å². The molecule has 0 aromatic rings. The molecule has 0 unspecified atom stereocenters. The fourth-order valence-electron chi connectivity index (χ4n) is 2.33. The average Bonchev–Trinajstić information content (AvgIpc) is 2.72. The molecule has 17 heavy (non-hydrogen) atoms. The highest BCUT2D eigenvalue weighted by atomic mass is 16.3. The summed E-state index contributed by atoms with van der Waals surface area (Å²) in [6, 6.07) is 0. The Hall–Kier alpha value is -0.610. The van der Waals surface area contributed by atoms with Gasteiger partial charge in [-0.15, -0.1) is 0 Å². The van der Waals surface area contributed by atoms with E-state index >= 15 is 0 Å². The van der Waals surface area contributed by atoms with Crippen molar-refractivity contribution in [3.05, 3.63) is 0 Å². The van der Waals surface area contributed by atoms with Crippen molar-refractivity contribution in [1.29, 1.82) is 0 Å². The zero-order valence-electron chi connectivity index (χ0n) is 11.0. The molecular formula is C13H25NO3. The minimum atomic E-state index is -0.812. The summed E-state index contributed by atoms with van der Waals surface area (Å²) in [7, 11) is 0. The van der Waals surface area contributed by atoms with Crippen LogP contribution < -0.4 is 5.32 Å². The highest BCUT2D eigenvalue weighted by Crippen LogP contribution is 2.32. The van der Waals surface area contributed by atoms with Gasteiger partial charge in [0.1, 0.15) is 0 Å². The molecular weight excluding hydrogens is 218 g/mol. The van der Waals surface area contributed by atoms with Crippen LogP contribution in [0, 0.1) is 0 Å². The Kier molecular flexibility index (Phi) is 4.95. The van der Waals surface area contributed by atoms with Gasteiger partial charge in [0.15, 0.2) is 0 Å². The van der Waals surface area contributed by atoms with Gasteiger partial charge in [-0.1, -0.05) is 26.7 Å². The third kappa shape index (κ3) is 4.28. The number of amides is 1. The third-order valence-electron chi connectivity index (χ3n) is 3.95. The molecule has 1 saturated carbocycles. The minimum absolute atomic E-state index is 0.158. The van der Waals surface area contributed by atoms with Crippen molar-refractivity contribution in [2.24, 2.45) is 0 Å². The highest BCUT2D eigenvalue weighted by Gasteiger charge is 2.34. The zero-order chi connectivity index (χ0) is 12.9. The first-order valence-corrected chi connectivity index (χ1v) is 6.64. The van der Waals surface area contributed by atoms with Crippen molar-refractivity contribution in [2.45, 2.75) is 70.0 Å². The van der Waals surface area contributed by atoms with E-state index in [4.69, 9.17) is 0 Å². The highest BCUT2D eigenvalue weighted by molar-refractivity contribution is 5.77. The monoisotopic (exact) mass is 243 g/mol. The fourth-order valence-corrected chi connectivity index (χ4v) is 2.33. The SMILES string of the molecule is CCC(O)(CC)CNC(=O)CC1(O)CCCC1. The van der Waals surface area contributed by atoms with E-state index < -0.39 is 11.2 Å². The van der Waals surface area contributed by atoms with Crippen LogP contribution in [0.25, 0.3) is 0 Å². The van der Waals surface area contributed by atoms with E-state index in [2.05, 4.69) is 5.32 Å². The summed E-state index contributed by atoms with van der Waals surface area (Å²) in [5, 5.41) is 22.8. The number of rotatable bonds is 6. The molecule has 0 bridgehead atoms. The van der Waals surface area contributed by atoms with Crippen molar-refractivity contribution >= 4 is 5.91 Å². The van der Waals surface area contributed by atoms with E-state index in [-0.39, 0.29) is 18.9 Å². The second-order valence-electron chi connectivity index (χ2n) is 5.32. The molecule has 1 aliphatic carbocycles. The van der Waals surface area contributed by atoms with Crippen LogP contribution in [-0.2, 0) is 4.79 Å². The molecule has 0 heterocycles. The molecule has 1 aliphatic rings. The topological polar surface area (TPSA) is 69.6 Å². The number of carbonyl (C=O) groups excluding carboxylic acids is 1. The lowest BCUT2D eigenvalue weighted by Gasteiger charge is -2.27. The quantitative estimate of drug-likeness (QED) is 0.659. The second-order valence-corrected chi connectivity index (χ2v) is 5.32. The first-order valence-electron chi connectivity index (χ1n) is 6.64. The summed E-state index contributed by atoms with van der Waals surface area (Å²) in [6.07, 6.45) is 4.83. The number of hydrogen-bond acceptors (Lipinski definition) is 3. The van der Waals surface area contributed by atoms with Gasteiger partial charge in [0.25, 0.3) is 0 Å². The Morgan fingerprint density at radius 3 is 2.29 bits per heavy atom. The first kappa shape index (κ1) is 14.5. The van der Waals surface area contributed by atoms with Crippen LogP contribution in [0.4, 0.5) is 0 Å². The molecule has 4 heteroatoms. The van der Waals surface area contributed by atoms with Gasteiger partial charge in [0, 0.05) is 6.54 Å². The normalized spacial score (nSPS) is 19.3. The lowest BCUT2D eigenvalue weighted by molar-refractivity contribution is -0.127. The van der Waals surface area contributed by atoms with Gasteiger partial charge < -0.3 is 15.5 Å². The maximum Gasteiger partial charge on any atom is 0.222 e. The van der Waals surface area contributed by atoms with Crippen LogP contribution in [0.2, 0.25) is 0 Å². The molecule has 100 valence electrons. The zero-order valence-corrected chi connectivity index (χ0v) is 11.0. The summed E-state index contributed by atoms with van der Waals surface area (Å²) in [4.78, 5) is 11.7. The predicted molar refractivity (Wildman–Crippen MR) is 66.6 cm³/mol. The van der Waals surface area contributed by atoms with Gasteiger partial charge >= 0.3 is 0 Å². The van der Waals surface area contributed by atoms with Gasteiger partial charge in [-0.25, -0.2) is 0 Å². The van der Waals surface area contributed by atoms with Crippen molar-refractivity contribution in [3.8, 4) is 0 Å². The molecule has 0 spiro atoms. The van der Waals surface area contributed by atoms with Crippen molar-refractivity contribution in [3.63, 3.8) is 0 Å². The molecule has 3 N–H and O–H groups in total. The summed E-state index contributed by atoms with van der Waals surface area (Å²) in [5.41, 5.74) is -1.62. The third-order valence-corrected chi connectivity index (χ3v) is 3.95. The summed E-state index contributed by atoms with van der Waals surface area (Å²) in [5.74, 6) is -0.158. The van der Waals surface area contributed by atoms with E-state index in [1.165, 1.54) is 0 Å². The van der Waals surface area contributed by atoms with Crippen LogP contribution in [0.5, 0.6) is 0 Å². The summed E-state index contributed by atoms with van der Waals surface area (Å²) < 4.78 is 0. The van der Waals surface area contributed by atoms with Gasteiger partial charge in [0.05, 0.1) is 17.6 Å². The number of carbonyl (C=O) groups is 1. The van der Waals surface area contributed by atoms with Crippen molar-refractivity contribution in [1.82, 2.24) is 5.32 Å². The Morgan fingerprint density at radius 2 is 1.82 bits per heavy atom. The summed E-state index contributed by atoms with van der Waals surface area (Å²) >= 11 is 0. The van der Waals surface area contributed by atoms with Crippen molar-refractivity contribution < 1.29 is 15.0 Å². The lowest BCUT2D eigenvalue weighted by Crippen LogP contribution is -2.44. The van der Waals surface area contributed by atoms with Crippen LogP contribution in [0.1, 0.15) is 58.8 Å². The Labute approximate surface area is 103 Å². The number of hydrogen-bond donors (Lipinski definition) is 3. The Bertz CT molecular complexity index is 255. The lowest BCUT2D eigenvalue weighted by atomic mass is 9.95. The molecule has 0 aromatic heterocycles. The van der Waals surface area contributed by atoms with Crippen LogP contribution in [0.15, 0.2) is 0 Å². The Balaban J connectivity index is 2.34. The van der Waals surface area contributed by atoms with Crippen LogP contribution in [-0.4, -0.2) is 33.9 Å². The molecule has 0 saturated heterocycles. The maximum atomic E-state index is 11.7. The largest absolute Gasteiger partial charge is 0.389 e. The number of nitrogens with one attached hydrogen (secondary N) is 1. The van der Waals surface area contributed by atoms with Gasteiger partial charge in [-0.05, 0) is 25.7 Å². The number of aliphatic hydroxyl groups is 2. The van der Waals surface area contributed by atoms with E-state index in [1.54, 1.807) is 0 Å². The van der Waals surface area contributed by atoms with Crippen LogP contribution in [0.3, 0.4) is 0 Å². The van der Waals surface area contributed by atoms with E-state index in [0.29, 0.717) is 25.7 Å². The van der Waals surface area contributed by atoms with E-state index in [0.717, 1.165) is 12.8 Å². The standard InChI is InChI=1S/C13H25NO3/c1-3-12(16,4-2)10-14-11(15)9-13(17)7-5-6-8-13/h16-17H,3-10H2,1-2H3,(H,14,15). The summed E-state index contributed by atoms with van der Waals surface area (Å²) in [6.45, 7) is 4.08. The molecule has 1 rings (SSSR count).